The van der Waals surface area contributed by atoms with Crippen LogP contribution in [0.25, 0.3) is 0 Å². The van der Waals surface area contributed by atoms with Crippen LogP contribution in [0, 0.1) is 5.92 Å². The Bertz CT molecular complexity index is 756. The zero-order chi connectivity index (χ0) is 20.5. The summed E-state index contributed by atoms with van der Waals surface area (Å²) >= 11 is 0. The molecule has 1 aromatic rings. The summed E-state index contributed by atoms with van der Waals surface area (Å²) in [4.78, 5) is 6.74. The summed E-state index contributed by atoms with van der Waals surface area (Å²) in [5.74, 6) is 1.24. The van der Waals surface area contributed by atoms with Crippen molar-refractivity contribution in [2.24, 2.45) is 10.9 Å². The van der Waals surface area contributed by atoms with Crippen molar-refractivity contribution < 1.29 is 8.42 Å². The molecule has 1 aliphatic heterocycles. The van der Waals surface area contributed by atoms with Crippen LogP contribution in [0.3, 0.4) is 0 Å². The van der Waals surface area contributed by atoms with E-state index in [1.807, 2.05) is 6.07 Å². The van der Waals surface area contributed by atoms with E-state index in [1.165, 1.54) is 18.4 Å². The van der Waals surface area contributed by atoms with Crippen LogP contribution in [0.2, 0.25) is 0 Å². The average molecular weight is 550 g/mol. The SMILES string of the molecule is CN=C(NCCS(=O)(=O)NCC1CCC1)NCC1CCCN1Cc1ccccc1.I. The van der Waals surface area contributed by atoms with Gasteiger partial charge in [0, 0.05) is 39.3 Å². The van der Waals surface area contributed by atoms with E-state index in [2.05, 4.69) is 49.5 Å². The first kappa shape index (κ1) is 25.4. The van der Waals surface area contributed by atoms with Crippen LogP contribution in [0.15, 0.2) is 35.3 Å². The number of halogens is 1. The standard InChI is InChI=1S/C21H35N5O2S.HI/c1-22-21(23-12-14-29(27,28)25-15-18-9-5-10-18)24-16-20-11-6-13-26(20)17-19-7-3-2-4-8-19;/h2-4,7-8,18,20,25H,5-6,9-17H2,1H3,(H2,22,23,24);1H. The molecular formula is C21H36IN5O2S. The summed E-state index contributed by atoms with van der Waals surface area (Å²) in [5.41, 5.74) is 1.33. The lowest BCUT2D eigenvalue weighted by Gasteiger charge is -2.26. The molecule has 30 heavy (non-hydrogen) atoms. The minimum absolute atomic E-state index is 0. The van der Waals surface area contributed by atoms with Crippen LogP contribution in [-0.2, 0) is 16.6 Å². The molecule has 1 aliphatic carbocycles. The van der Waals surface area contributed by atoms with Crippen molar-refractivity contribution in [3.8, 4) is 0 Å². The van der Waals surface area contributed by atoms with Gasteiger partial charge in [-0.05, 0) is 43.7 Å². The van der Waals surface area contributed by atoms with Crippen LogP contribution in [0.5, 0.6) is 0 Å². The fourth-order valence-electron chi connectivity index (χ4n) is 3.91. The number of benzene rings is 1. The zero-order valence-corrected chi connectivity index (χ0v) is 21.0. The molecule has 0 spiro atoms. The van der Waals surface area contributed by atoms with Crippen molar-refractivity contribution in [2.45, 2.75) is 44.7 Å². The normalized spacial score (nSPS) is 20.4. The number of nitrogens with zero attached hydrogens (tertiary/aromatic N) is 2. The molecule has 1 heterocycles. The minimum Gasteiger partial charge on any atom is -0.355 e. The number of guanidine groups is 1. The maximum Gasteiger partial charge on any atom is 0.213 e. The second-order valence-corrected chi connectivity index (χ2v) is 10.0. The number of sulfonamides is 1. The molecule has 0 radical (unpaired) electrons. The van der Waals surface area contributed by atoms with Gasteiger partial charge >= 0.3 is 0 Å². The van der Waals surface area contributed by atoms with Crippen molar-refractivity contribution in [1.82, 2.24) is 20.3 Å². The third-order valence-electron chi connectivity index (χ3n) is 5.94. The summed E-state index contributed by atoms with van der Waals surface area (Å²) in [6.45, 7) is 3.80. The van der Waals surface area contributed by atoms with Gasteiger partial charge in [-0.15, -0.1) is 24.0 Å². The third-order valence-corrected chi connectivity index (χ3v) is 7.28. The van der Waals surface area contributed by atoms with Crippen LogP contribution in [0.1, 0.15) is 37.7 Å². The van der Waals surface area contributed by atoms with Crippen molar-refractivity contribution in [2.75, 3.05) is 39.0 Å². The molecule has 7 nitrogen and oxygen atoms in total. The number of likely N-dealkylation sites (tertiary alicyclic amines) is 1. The van der Waals surface area contributed by atoms with E-state index in [9.17, 15) is 8.42 Å². The highest BCUT2D eigenvalue weighted by Gasteiger charge is 2.24. The molecule has 1 saturated heterocycles. The number of hydrogen-bond donors (Lipinski definition) is 3. The summed E-state index contributed by atoms with van der Waals surface area (Å²) in [7, 11) is -1.52. The number of rotatable bonds is 10. The number of hydrogen-bond acceptors (Lipinski definition) is 4. The average Bonchev–Trinajstić information content (AvgIpc) is 3.11. The Kier molecular flexibility index (Phi) is 10.8. The summed E-state index contributed by atoms with van der Waals surface area (Å²) in [6, 6.07) is 11.0. The fourth-order valence-corrected chi connectivity index (χ4v) is 4.91. The lowest BCUT2D eigenvalue weighted by atomic mass is 9.86. The largest absolute Gasteiger partial charge is 0.355 e. The lowest BCUT2D eigenvalue weighted by Crippen LogP contribution is -2.46. The van der Waals surface area contributed by atoms with E-state index in [0.717, 1.165) is 38.9 Å². The predicted octanol–water partition coefficient (Wildman–Crippen LogP) is 2.15. The monoisotopic (exact) mass is 549 g/mol. The molecule has 2 aliphatic rings. The Morgan fingerprint density at radius 1 is 1.10 bits per heavy atom. The molecule has 170 valence electrons. The molecule has 0 bridgehead atoms. The van der Waals surface area contributed by atoms with Gasteiger partial charge in [-0.2, -0.15) is 0 Å². The zero-order valence-electron chi connectivity index (χ0n) is 17.8. The summed E-state index contributed by atoms with van der Waals surface area (Å²) in [6.07, 6.45) is 5.87. The van der Waals surface area contributed by atoms with E-state index in [1.54, 1.807) is 7.05 Å². The molecule has 1 saturated carbocycles. The van der Waals surface area contributed by atoms with Gasteiger partial charge in [0.2, 0.25) is 10.0 Å². The Hall–Kier alpha value is -0.910. The number of aliphatic imine (C=N–C) groups is 1. The van der Waals surface area contributed by atoms with Gasteiger partial charge in [0.1, 0.15) is 0 Å². The highest BCUT2D eigenvalue weighted by Crippen LogP contribution is 2.25. The molecule has 3 rings (SSSR count). The second kappa shape index (κ2) is 12.8. The molecule has 2 fully saturated rings. The van der Waals surface area contributed by atoms with Crippen molar-refractivity contribution in [3.05, 3.63) is 35.9 Å². The van der Waals surface area contributed by atoms with E-state index in [-0.39, 0.29) is 29.7 Å². The fraction of sp³-hybridized carbons (Fsp3) is 0.667. The van der Waals surface area contributed by atoms with Gasteiger partial charge in [0.25, 0.3) is 0 Å². The number of nitrogens with one attached hydrogen (secondary N) is 3. The molecule has 1 atom stereocenters. The molecule has 1 aromatic carbocycles. The van der Waals surface area contributed by atoms with Crippen LogP contribution >= 0.6 is 24.0 Å². The van der Waals surface area contributed by atoms with Crippen molar-refractivity contribution >= 4 is 40.0 Å². The molecule has 0 aromatic heterocycles. The molecule has 1 unspecified atom stereocenters. The van der Waals surface area contributed by atoms with E-state index >= 15 is 0 Å². The Labute approximate surface area is 198 Å². The van der Waals surface area contributed by atoms with Crippen molar-refractivity contribution in [3.63, 3.8) is 0 Å². The smallest absolute Gasteiger partial charge is 0.213 e. The maximum atomic E-state index is 12.1. The Morgan fingerprint density at radius 2 is 1.87 bits per heavy atom. The lowest BCUT2D eigenvalue weighted by molar-refractivity contribution is 0.245. The summed E-state index contributed by atoms with van der Waals surface area (Å²) < 4.78 is 26.9. The minimum atomic E-state index is -3.23. The van der Waals surface area contributed by atoms with E-state index in [0.29, 0.717) is 31.0 Å². The van der Waals surface area contributed by atoms with Gasteiger partial charge in [0.15, 0.2) is 5.96 Å². The maximum absolute atomic E-state index is 12.1. The van der Waals surface area contributed by atoms with Gasteiger partial charge in [0.05, 0.1) is 5.75 Å². The highest BCUT2D eigenvalue weighted by molar-refractivity contribution is 14.0. The van der Waals surface area contributed by atoms with Gasteiger partial charge < -0.3 is 10.6 Å². The predicted molar refractivity (Wildman–Crippen MR) is 134 cm³/mol. The van der Waals surface area contributed by atoms with Crippen LogP contribution in [-0.4, -0.2) is 64.3 Å². The topological polar surface area (TPSA) is 85.8 Å². The third kappa shape index (κ3) is 8.32. The Morgan fingerprint density at radius 3 is 2.53 bits per heavy atom. The highest BCUT2D eigenvalue weighted by atomic mass is 127. The molecular weight excluding hydrogens is 513 g/mol. The van der Waals surface area contributed by atoms with E-state index < -0.39 is 10.0 Å². The quantitative estimate of drug-likeness (QED) is 0.237. The van der Waals surface area contributed by atoms with Crippen LogP contribution < -0.4 is 15.4 Å². The van der Waals surface area contributed by atoms with Crippen LogP contribution in [0.4, 0.5) is 0 Å². The van der Waals surface area contributed by atoms with Gasteiger partial charge in [-0.25, -0.2) is 13.1 Å². The van der Waals surface area contributed by atoms with E-state index in [4.69, 9.17) is 0 Å². The molecule has 9 heteroatoms. The first-order chi connectivity index (χ1) is 14.1. The first-order valence-electron chi connectivity index (χ1n) is 10.8. The van der Waals surface area contributed by atoms with Crippen molar-refractivity contribution in [1.29, 1.82) is 0 Å². The summed E-state index contributed by atoms with van der Waals surface area (Å²) in [5, 5.41) is 6.49. The Balaban J connectivity index is 0.00000320. The first-order valence-corrected chi connectivity index (χ1v) is 12.4. The second-order valence-electron chi connectivity index (χ2n) is 8.10. The molecule has 3 N–H and O–H groups in total. The van der Waals surface area contributed by atoms with Gasteiger partial charge in [-0.1, -0.05) is 36.8 Å². The molecule has 0 amide bonds. The van der Waals surface area contributed by atoms with Gasteiger partial charge in [-0.3, -0.25) is 9.89 Å².